The first-order chi connectivity index (χ1) is 12.5. The number of benzene rings is 1. The number of hydrogen-bond donors (Lipinski definition) is 2. The SMILES string of the molecule is CC1CN(c2ccc(-n3ccccc3=O)cc2)Cc2c(C(N)=O)n[nH]c21. The number of amides is 1. The van der Waals surface area contributed by atoms with Crippen LogP contribution in [0.4, 0.5) is 5.69 Å². The van der Waals surface area contributed by atoms with Gasteiger partial charge in [-0.05, 0) is 30.3 Å². The minimum Gasteiger partial charge on any atom is -0.366 e. The van der Waals surface area contributed by atoms with Gasteiger partial charge in [0.1, 0.15) is 0 Å². The number of hydrogen-bond acceptors (Lipinski definition) is 4. The normalized spacial score (nSPS) is 16.3. The third-order valence-corrected chi connectivity index (χ3v) is 4.78. The zero-order valence-corrected chi connectivity index (χ0v) is 14.3. The van der Waals surface area contributed by atoms with Crippen molar-refractivity contribution in [1.29, 1.82) is 0 Å². The summed E-state index contributed by atoms with van der Waals surface area (Å²) >= 11 is 0. The van der Waals surface area contributed by atoms with Crippen molar-refractivity contribution < 1.29 is 4.79 Å². The lowest BCUT2D eigenvalue weighted by molar-refractivity contribution is 0.0994. The van der Waals surface area contributed by atoms with Gasteiger partial charge in [0.15, 0.2) is 5.69 Å². The van der Waals surface area contributed by atoms with Gasteiger partial charge in [0.05, 0.1) is 0 Å². The van der Waals surface area contributed by atoms with Crippen molar-refractivity contribution in [3.63, 3.8) is 0 Å². The third kappa shape index (κ3) is 2.67. The van der Waals surface area contributed by atoms with Crippen molar-refractivity contribution in [1.82, 2.24) is 14.8 Å². The summed E-state index contributed by atoms with van der Waals surface area (Å²) in [4.78, 5) is 25.7. The molecule has 0 saturated heterocycles. The van der Waals surface area contributed by atoms with Crippen molar-refractivity contribution in [2.45, 2.75) is 19.4 Å². The fraction of sp³-hybridized carbons (Fsp3) is 0.211. The van der Waals surface area contributed by atoms with Gasteiger partial charge in [-0.25, -0.2) is 0 Å². The van der Waals surface area contributed by atoms with Crippen LogP contribution in [0, 0.1) is 0 Å². The topological polar surface area (TPSA) is 97.0 Å². The van der Waals surface area contributed by atoms with Gasteiger partial charge >= 0.3 is 0 Å². The van der Waals surface area contributed by atoms with Crippen LogP contribution in [-0.2, 0) is 6.54 Å². The fourth-order valence-electron chi connectivity index (χ4n) is 3.49. The Balaban J connectivity index is 1.64. The largest absolute Gasteiger partial charge is 0.366 e. The number of fused-ring (bicyclic) bond motifs is 1. The monoisotopic (exact) mass is 349 g/mol. The maximum absolute atomic E-state index is 12.0. The van der Waals surface area contributed by atoms with Gasteiger partial charge in [0.2, 0.25) is 0 Å². The molecule has 0 saturated carbocycles. The third-order valence-electron chi connectivity index (χ3n) is 4.78. The molecule has 0 spiro atoms. The molecule has 7 heteroatoms. The first-order valence-corrected chi connectivity index (χ1v) is 8.44. The standard InChI is InChI=1S/C19H19N5O2/c1-12-10-23(11-15-17(12)21-22-18(15)19(20)26)13-5-7-14(8-6-13)24-9-3-2-4-16(24)25/h2-9,12H,10-11H2,1H3,(H2,20,26)(H,21,22). The van der Waals surface area contributed by atoms with Crippen molar-refractivity contribution in [3.05, 3.63) is 76.0 Å². The average Bonchev–Trinajstić information content (AvgIpc) is 3.07. The van der Waals surface area contributed by atoms with Crippen LogP contribution >= 0.6 is 0 Å². The van der Waals surface area contributed by atoms with Crippen molar-refractivity contribution in [3.8, 4) is 5.69 Å². The first kappa shape index (κ1) is 16.1. The predicted molar refractivity (Wildman–Crippen MR) is 98.6 cm³/mol. The molecule has 1 unspecified atom stereocenters. The minimum absolute atomic E-state index is 0.0685. The van der Waals surface area contributed by atoms with Crippen LogP contribution in [-0.4, -0.2) is 27.2 Å². The highest BCUT2D eigenvalue weighted by Crippen LogP contribution is 2.31. The number of rotatable bonds is 3. The van der Waals surface area contributed by atoms with Crippen molar-refractivity contribution in [2.24, 2.45) is 5.73 Å². The van der Waals surface area contributed by atoms with Gasteiger partial charge in [-0.15, -0.1) is 0 Å². The molecule has 0 aliphatic carbocycles. The Morgan fingerprint density at radius 3 is 2.62 bits per heavy atom. The van der Waals surface area contributed by atoms with Crippen LogP contribution in [0.3, 0.4) is 0 Å². The van der Waals surface area contributed by atoms with Gasteiger partial charge in [-0.1, -0.05) is 13.0 Å². The molecule has 4 rings (SSSR count). The van der Waals surface area contributed by atoms with E-state index in [0.29, 0.717) is 12.2 Å². The van der Waals surface area contributed by atoms with E-state index in [-0.39, 0.29) is 11.5 Å². The maximum atomic E-state index is 12.0. The molecule has 1 amide bonds. The summed E-state index contributed by atoms with van der Waals surface area (Å²) in [5.41, 5.74) is 9.35. The zero-order chi connectivity index (χ0) is 18.3. The number of pyridine rings is 1. The van der Waals surface area contributed by atoms with E-state index in [1.54, 1.807) is 16.8 Å². The summed E-state index contributed by atoms with van der Waals surface area (Å²) in [6.07, 6.45) is 1.75. The molecule has 0 fully saturated rings. The number of primary amides is 1. The first-order valence-electron chi connectivity index (χ1n) is 8.44. The van der Waals surface area contributed by atoms with E-state index in [0.717, 1.165) is 29.2 Å². The second-order valence-electron chi connectivity index (χ2n) is 6.54. The molecule has 2 aromatic heterocycles. The molecule has 26 heavy (non-hydrogen) atoms. The highest BCUT2D eigenvalue weighted by atomic mass is 16.1. The minimum atomic E-state index is -0.518. The lowest BCUT2D eigenvalue weighted by Gasteiger charge is -2.32. The molecular weight excluding hydrogens is 330 g/mol. The Hall–Kier alpha value is -3.35. The number of carbonyl (C=O) groups excluding carboxylic acids is 1. The average molecular weight is 349 g/mol. The molecule has 1 aliphatic rings. The van der Waals surface area contributed by atoms with Crippen molar-refractivity contribution in [2.75, 3.05) is 11.4 Å². The Morgan fingerprint density at radius 1 is 1.19 bits per heavy atom. The Kier molecular flexibility index (Phi) is 3.84. The van der Waals surface area contributed by atoms with Gasteiger partial charge in [0.25, 0.3) is 11.5 Å². The number of anilines is 1. The molecule has 3 N–H and O–H groups in total. The number of carbonyl (C=O) groups is 1. The quantitative estimate of drug-likeness (QED) is 0.753. The van der Waals surface area contributed by atoms with E-state index in [2.05, 4.69) is 22.0 Å². The molecule has 132 valence electrons. The summed E-state index contributed by atoms with van der Waals surface area (Å²) in [5, 5.41) is 7.03. The summed E-state index contributed by atoms with van der Waals surface area (Å²) in [6, 6.07) is 12.9. The Morgan fingerprint density at radius 2 is 1.92 bits per heavy atom. The van der Waals surface area contributed by atoms with Gasteiger partial charge in [-0.3, -0.25) is 19.3 Å². The van der Waals surface area contributed by atoms with Gasteiger partial charge in [-0.2, -0.15) is 5.10 Å². The predicted octanol–water partition coefficient (Wildman–Crippen LogP) is 1.78. The molecule has 3 aromatic rings. The lowest BCUT2D eigenvalue weighted by atomic mass is 9.96. The summed E-state index contributed by atoms with van der Waals surface area (Å²) in [5.74, 6) is -0.314. The second-order valence-corrected chi connectivity index (χ2v) is 6.54. The Bertz CT molecular complexity index is 1020. The number of aromatic nitrogens is 3. The van der Waals surface area contributed by atoms with E-state index in [1.807, 2.05) is 30.3 Å². The van der Waals surface area contributed by atoms with Crippen LogP contribution in [0.5, 0.6) is 0 Å². The molecule has 7 nitrogen and oxygen atoms in total. The highest BCUT2D eigenvalue weighted by Gasteiger charge is 2.29. The van der Waals surface area contributed by atoms with E-state index < -0.39 is 5.91 Å². The van der Waals surface area contributed by atoms with Crippen LogP contribution in [0.25, 0.3) is 5.69 Å². The lowest BCUT2D eigenvalue weighted by Crippen LogP contribution is -2.33. The molecule has 1 atom stereocenters. The molecular formula is C19H19N5O2. The summed E-state index contributed by atoms with van der Waals surface area (Å²) in [6.45, 7) is 3.46. The van der Waals surface area contributed by atoms with Crippen LogP contribution < -0.4 is 16.2 Å². The smallest absolute Gasteiger partial charge is 0.269 e. The van der Waals surface area contributed by atoms with Gasteiger partial charge < -0.3 is 10.6 Å². The molecule has 0 bridgehead atoms. The number of H-pyrrole nitrogens is 1. The van der Waals surface area contributed by atoms with E-state index in [9.17, 15) is 9.59 Å². The Labute approximate surface area is 150 Å². The maximum Gasteiger partial charge on any atom is 0.269 e. The molecule has 1 aliphatic heterocycles. The van der Waals surface area contributed by atoms with Gasteiger partial charge in [0, 0.05) is 53.9 Å². The van der Waals surface area contributed by atoms with Crippen LogP contribution in [0.1, 0.15) is 34.6 Å². The molecule has 1 aromatic carbocycles. The number of nitrogens with zero attached hydrogens (tertiary/aromatic N) is 3. The van der Waals surface area contributed by atoms with Crippen LogP contribution in [0.15, 0.2) is 53.5 Å². The zero-order valence-electron chi connectivity index (χ0n) is 14.3. The van der Waals surface area contributed by atoms with E-state index in [4.69, 9.17) is 5.73 Å². The second kappa shape index (κ2) is 6.18. The highest BCUT2D eigenvalue weighted by molar-refractivity contribution is 5.92. The fourth-order valence-corrected chi connectivity index (χ4v) is 3.49. The molecule has 3 heterocycles. The molecule has 0 radical (unpaired) electrons. The number of aromatic amines is 1. The summed E-state index contributed by atoms with van der Waals surface area (Å²) in [7, 11) is 0. The number of nitrogens with one attached hydrogen (secondary N) is 1. The van der Waals surface area contributed by atoms with E-state index in [1.165, 1.54) is 6.07 Å². The summed E-state index contributed by atoms with van der Waals surface area (Å²) < 4.78 is 1.60. The number of nitrogens with two attached hydrogens (primary N) is 1. The van der Waals surface area contributed by atoms with Crippen LogP contribution in [0.2, 0.25) is 0 Å². The van der Waals surface area contributed by atoms with E-state index >= 15 is 0 Å². The van der Waals surface area contributed by atoms with Crippen molar-refractivity contribution >= 4 is 11.6 Å².